The molecule has 0 amide bonds. The molecule has 0 bridgehead atoms. The molecule has 0 saturated carbocycles. The number of pyridine rings is 1. The number of hydrogen-bond acceptors (Lipinski definition) is 7. The van der Waals surface area contributed by atoms with Crippen LogP contribution in [0.15, 0.2) is 52.9 Å². The van der Waals surface area contributed by atoms with E-state index >= 15 is 0 Å². The number of benzene rings is 1. The molecule has 9 heteroatoms. The third kappa shape index (κ3) is 3.36. The van der Waals surface area contributed by atoms with Gasteiger partial charge in [0.25, 0.3) is 5.19 Å². The van der Waals surface area contributed by atoms with Crippen LogP contribution in [0.5, 0.6) is 5.19 Å². The Labute approximate surface area is 158 Å². The van der Waals surface area contributed by atoms with Crippen LogP contribution in [0.2, 0.25) is 0 Å². The molecule has 0 unspecified atom stereocenters. The van der Waals surface area contributed by atoms with Crippen molar-refractivity contribution in [1.82, 2.24) is 29.8 Å². The highest BCUT2D eigenvalue weighted by Crippen LogP contribution is 2.27. The molecule has 0 saturated heterocycles. The van der Waals surface area contributed by atoms with Gasteiger partial charge in [-0.2, -0.15) is 9.36 Å². The Morgan fingerprint density at radius 1 is 1.15 bits per heavy atom. The topological polar surface area (TPSA) is 87.7 Å². The van der Waals surface area contributed by atoms with E-state index in [2.05, 4.69) is 20.4 Å². The second kappa shape index (κ2) is 7.12. The fraction of sp³-hybridized carbons (Fsp3) is 0.167. The first-order valence-corrected chi connectivity index (χ1v) is 9.08. The van der Waals surface area contributed by atoms with E-state index in [0.29, 0.717) is 10.9 Å². The van der Waals surface area contributed by atoms with E-state index in [0.717, 1.165) is 22.4 Å². The summed E-state index contributed by atoms with van der Waals surface area (Å²) in [6, 6.07) is 9.47. The number of ether oxygens (including phenoxy) is 1. The second-order valence-corrected chi connectivity index (χ2v) is 6.71. The minimum Gasteiger partial charge on any atom is -0.465 e. The van der Waals surface area contributed by atoms with Crippen LogP contribution in [0.4, 0.5) is 0 Å². The molecule has 1 aromatic carbocycles. The molecule has 0 aliphatic carbocycles. The van der Waals surface area contributed by atoms with Crippen LogP contribution in [0.25, 0.3) is 16.9 Å². The third-order valence-electron chi connectivity index (χ3n) is 4.13. The fourth-order valence-electron chi connectivity index (χ4n) is 2.65. The van der Waals surface area contributed by atoms with Crippen LogP contribution in [0.1, 0.15) is 11.1 Å². The Balaban J connectivity index is 1.60. The maximum atomic E-state index is 12.2. The summed E-state index contributed by atoms with van der Waals surface area (Å²) < 4.78 is 8.37. The van der Waals surface area contributed by atoms with E-state index in [4.69, 9.17) is 4.74 Å². The maximum Gasteiger partial charge on any atom is 0.368 e. The van der Waals surface area contributed by atoms with E-state index in [-0.39, 0.29) is 12.3 Å². The molecule has 0 radical (unpaired) electrons. The average Bonchev–Trinajstić information content (AvgIpc) is 3.29. The molecule has 0 aliphatic rings. The predicted molar refractivity (Wildman–Crippen MR) is 101 cm³/mol. The normalized spacial score (nSPS) is 10.9. The smallest absolute Gasteiger partial charge is 0.368 e. The van der Waals surface area contributed by atoms with Gasteiger partial charge in [0, 0.05) is 35.9 Å². The predicted octanol–water partition coefficient (Wildman–Crippen LogP) is 2.37. The zero-order valence-corrected chi connectivity index (χ0v) is 15.6. The summed E-state index contributed by atoms with van der Waals surface area (Å²) in [6.45, 7) is 2.24. The Bertz CT molecular complexity index is 1130. The quantitative estimate of drug-likeness (QED) is 0.528. The van der Waals surface area contributed by atoms with Gasteiger partial charge in [0.05, 0.1) is 11.4 Å². The van der Waals surface area contributed by atoms with Crippen molar-refractivity contribution >= 4 is 11.3 Å². The summed E-state index contributed by atoms with van der Waals surface area (Å²) >= 11 is 1.42. The lowest BCUT2D eigenvalue weighted by Crippen LogP contribution is -2.23. The Morgan fingerprint density at radius 2 is 1.96 bits per heavy atom. The highest BCUT2D eigenvalue weighted by Gasteiger charge is 2.14. The number of aromatic nitrogens is 6. The van der Waals surface area contributed by atoms with Crippen molar-refractivity contribution in [3.63, 3.8) is 0 Å². The van der Waals surface area contributed by atoms with Gasteiger partial charge in [-0.05, 0) is 41.1 Å². The fourth-order valence-corrected chi connectivity index (χ4v) is 3.33. The SMILES string of the molecule is Cc1cccc(-n2nnn(C)c2=O)c1COc1nc(-c2ccncc2)cs1. The second-order valence-electron chi connectivity index (χ2n) is 5.89. The first-order chi connectivity index (χ1) is 13.1. The molecule has 0 spiro atoms. The van der Waals surface area contributed by atoms with Gasteiger partial charge in [-0.1, -0.05) is 23.5 Å². The van der Waals surface area contributed by atoms with Crippen LogP contribution >= 0.6 is 11.3 Å². The zero-order chi connectivity index (χ0) is 18.8. The van der Waals surface area contributed by atoms with Gasteiger partial charge >= 0.3 is 5.69 Å². The third-order valence-corrected chi connectivity index (χ3v) is 4.89. The number of thiazole rings is 1. The lowest BCUT2D eigenvalue weighted by molar-refractivity contribution is 0.303. The van der Waals surface area contributed by atoms with Gasteiger partial charge in [-0.15, -0.1) is 0 Å². The molecule has 0 fully saturated rings. The van der Waals surface area contributed by atoms with Gasteiger partial charge in [0.2, 0.25) is 0 Å². The van der Waals surface area contributed by atoms with Crippen molar-refractivity contribution in [2.45, 2.75) is 13.5 Å². The van der Waals surface area contributed by atoms with Crippen LogP contribution in [-0.2, 0) is 13.7 Å². The molecule has 0 aliphatic heterocycles. The molecule has 27 heavy (non-hydrogen) atoms. The lowest BCUT2D eigenvalue weighted by atomic mass is 10.1. The Kier molecular flexibility index (Phi) is 4.51. The van der Waals surface area contributed by atoms with E-state index < -0.39 is 0 Å². The standard InChI is InChI=1S/C18H16N6O2S/c1-12-4-3-5-16(24-18(25)23(2)21-22-24)14(12)10-26-17-20-15(11-27-17)13-6-8-19-9-7-13/h3-9,11H,10H2,1-2H3. The van der Waals surface area contributed by atoms with Crippen molar-refractivity contribution in [2.75, 3.05) is 0 Å². The summed E-state index contributed by atoms with van der Waals surface area (Å²) in [6.07, 6.45) is 3.46. The molecule has 136 valence electrons. The number of tetrazole rings is 1. The first kappa shape index (κ1) is 17.1. The first-order valence-electron chi connectivity index (χ1n) is 8.20. The van der Waals surface area contributed by atoms with Crippen LogP contribution in [0.3, 0.4) is 0 Å². The largest absolute Gasteiger partial charge is 0.465 e. The summed E-state index contributed by atoms with van der Waals surface area (Å²) in [5.74, 6) is 0. The van der Waals surface area contributed by atoms with E-state index in [1.54, 1.807) is 19.4 Å². The summed E-state index contributed by atoms with van der Waals surface area (Å²) in [7, 11) is 1.56. The Morgan fingerprint density at radius 3 is 2.70 bits per heavy atom. The highest BCUT2D eigenvalue weighted by molar-refractivity contribution is 7.11. The molecular formula is C18H16N6O2S. The highest BCUT2D eigenvalue weighted by atomic mass is 32.1. The van der Waals surface area contributed by atoms with Gasteiger partial charge in [0.1, 0.15) is 6.61 Å². The van der Waals surface area contributed by atoms with Crippen LogP contribution < -0.4 is 10.4 Å². The Hall–Kier alpha value is -3.33. The minimum absolute atomic E-state index is 0.272. The number of rotatable bonds is 5. The van der Waals surface area contributed by atoms with Crippen molar-refractivity contribution in [1.29, 1.82) is 0 Å². The molecular weight excluding hydrogens is 364 g/mol. The van der Waals surface area contributed by atoms with Crippen LogP contribution in [-0.4, -0.2) is 29.8 Å². The molecule has 4 rings (SSSR count). The molecule has 4 aromatic rings. The monoisotopic (exact) mass is 380 g/mol. The molecule has 0 atom stereocenters. The van der Waals surface area contributed by atoms with Crippen molar-refractivity contribution in [2.24, 2.45) is 7.05 Å². The van der Waals surface area contributed by atoms with Crippen molar-refractivity contribution in [3.05, 3.63) is 69.7 Å². The number of hydrogen-bond donors (Lipinski definition) is 0. The summed E-state index contributed by atoms with van der Waals surface area (Å²) in [4.78, 5) is 20.7. The van der Waals surface area contributed by atoms with E-state index in [9.17, 15) is 4.79 Å². The molecule has 0 N–H and O–H groups in total. The number of nitrogens with zero attached hydrogens (tertiary/aromatic N) is 6. The van der Waals surface area contributed by atoms with E-state index in [1.807, 2.05) is 42.6 Å². The molecule has 8 nitrogen and oxygen atoms in total. The molecule has 3 heterocycles. The van der Waals surface area contributed by atoms with Gasteiger partial charge in [-0.3, -0.25) is 4.98 Å². The zero-order valence-electron chi connectivity index (χ0n) is 14.7. The van der Waals surface area contributed by atoms with Gasteiger partial charge < -0.3 is 4.74 Å². The average molecular weight is 380 g/mol. The van der Waals surface area contributed by atoms with Crippen molar-refractivity contribution < 1.29 is 4.74 Å². The minimum atomic E-state index is -0.309. The summed E-state index contributed by atoms with van der Waals surface area (Å²) in [5.41, 5.74) is 4.03. The van der Waals surface area contributed by atoms with Crippen LogP contribution in [0, 0.1) is 6.92 Å². The lowest BCUT2D eigenvalue weighted by Gasteiger charge is -2.11. The van der Waals surface area contributed by atoms with E-state index in [1.165, 1.54) is 20.7 Å². The van der Waals surface area contributed by atoms with Crippen molar-refractivity contribution in [3.8, 4) is 22.1 Å². The maximum absolute atomic E-state index is 12.2. The van der Waals surface area contributed by atoms with Gasteiger partial charge in [-0.25, -0.2) is 9.78 Å². The molecule has 3 aromatic heterocycles. The van der Waals surface area contributed by atoms with Gasteiger partial charge in [0.15, 0.2) is 0 Å². The summed E-state index contributed by atoms with van der Waals surface area (Å²) in [5, 5.41) is 10.2. The number of aryl methyl sites for hydroxylation is 2.